The summed E-state index contributed by atoms with van der Waals surface area (Å²) < 4.78 is 45.6. The highest BCUT2D eigenvalue weighted by Gasteiger charge is 2.33. The van der Waals surface area contributed by atoms with Gasteiger partial charge in [-0.05, 0) is 30.3 Å². The Kier molecular flexibility index (Phi) is 5.62. The summed E-state index contributed by atoms with van der Waals surface area (Å²) in [7, 11) is -0.556. The van der Waals surface area contributed by atoms with Gasteiger partial charge in [0.15, 0.2) is 5.76 Å². The highest BCUT2D eigenvalue weighted by Crippen LogP contribution is 2.22. The van der Waals surface area contributed by atoms with E-state index in [9.17, 15) is 22.4 Å². The first-order chi connectivity index (χ1) is 13.6. The zero-order valence-corrected chi connectivity index (χ0v) is 16.8. The summed E-state index contributed by atoms with van der Waals surface area (Å²) in [4.78, 5) is 26.8. The third-order valence-corrected chi connectivity index (χ3v) is 6.39. The van der Waals surface area contributed by atoms with Crippen molar-refractivity contribution >= 4 is 27.5 Å². The number of nitrogens with zero attached hydrogens (tertiary/aromatic N) is 3. The van der Waals surface area contributed by atoms with Crippen LogP contribution in [0.1, 0.15) is 20.9 Å². The number of hydrogen-bond acceptors (Lipinski definition) is 6. The first kappa shape index (κ1) is 20.8. The number of hydrogen-bond donors (Lipinski definition) is 1. The van der Waals surface area contributed by atoms with Gasteiger partial charge in [-0.3, -0.25) is 9.59 Å². The Hall–Kier alpha value is -2.92. The summed E-state index contributed by atoms with van der Waals surface area (Å²) >= 11 is 0. The molecule has 1 aromatic heterocycles. The molecule has 2 aromatic rings. The number of carbonyl (C=O) groups is 2. The zero-order chi connectivity index (χ0) is 21.3. The summed E-state index contributed by atoms with van der Waals surface area (Å²) in [6, 6.07) is 6.60. The number of nitrogens with two attached hydrogens (primary N) is 1. The summed E-state index contributed by atoms with van der Waals surface area (Å²) in [5.41, 5.74) is 5.64. The van der Waals surface area contributed by atoms with E-state index in [0.29, 0.717) is 5.69 Å². The van der Waals surface area contributed by atoms with E-state index in [1.54, 1.807) is 19.0 Å². The Morgan fingerprint density at radius 1 is 1.10 bits per heavy atom. The molecule has 1 aromatic carbocycles. The van der Waals surface area contributed by atoms with Gasteiger partial charge in [-0.2, -0.15) is 4.31 Å². The number of furan rings is 1. The van der Waals surface area contributed by atoms with Crippen molar-refractivity contribution in [1.29, 1.82) is 0 Å². The summed E-state index contributed by atoms with van der Waals surface area (Å²) in [6.45, 7) is 0.356. The quantitative estimate of drug-likeness (QED) is 0.756. The Balaban J connectivity index is 1.69. The molecule has 0 unspecified atom stereocenters. The summed E-state index contributed by atoms with van der Waals surface area (Å²) in [5.74, 6) is -2.00. The fourth-order valence-electron chi connectivity index (χ4n) is 3.04. The molecular formula is C18H21FN4O5S. The van der Waals surface area contributed by atoms with Crippen molar-refractivity contribution in [3.05, 3.63) is 47.5 Å². The van der Waals surface area contributed by atoms with E-state index in [4.69, 9.17) is 10.2 Å². The van der Waals surface area contributed by atoms with Gasteiger partial charge in [0, 0.05) is 45.8 Å². The molecule has 11 heteroatoms. The molecular weight excluding hydrogens is 403 g/mol. The molecule has 2 amide bonds. The third kappa shape index (κ3) is 4.10. The van der Waals surface area contributed by atoms with Crippen LogP contribution < -0.4 is 10.6 Å². The molecule has 0 bridgehead atoms. The molecule has 0 aliphatic carbocycles. The van der Waals surface area contributed by atoms with Crippen LogP contribution in [0.15, 0.2) is 39.8 Å². The molecule has 1 aliphatic rings. The number of benzene rings is 1. The van der Waals surface area contributed by atoms with Gasteiger partial charge in [0.1, 0.15) is 5.82 Å². The van der Waals surface area contributed by atoms with Crippen molar-refractivity contribution < 1.29 is 26.8 Å². The minimum atomic E-state index is -3.95. The number of carbonyl (C=O) groups excluding carboxylic acids is 2. The average molecular weight is 424 g/mol. The normalized spacial score (nSPS) is 15.3. The summed E-state index contributed by atoms with van der Waals surface area (Å²) in [6.07, 6.45) is 0. The number of piperazine rings is 1. The van der Waals surface area contributed by atoms with E-state index in [1.807, 2.05) is 0 Å². The van der Waals surface area contributed by atoms with Crippen molar-refractivity contribution in [1.82, 2.24) is 9.21 Å². The van der Waals surface area contributed by atoms with Gasteiger partial charge in [-0.15, -0.1) is 0 Å². The second-order valence-corrected chi connectivity index (χ2v) is 8.61. The maximum Gasteiger partial charge on any atom is 0.284 e. The van der Waals surface area contributed by atoms with Crippen LogP contribution in [0.3, 0.4) is 0 Å². The Morgan fingerprint density at radius 2 is 1.76 bits per heavy atom. The number of halogens is 1. The number of primary amides is 1. The van der Waals surface area contributed by atoms with Gasteiger partial charge in [-0.1, -0.05) is 0 Å². The molecule has 0 atom stereocenters. The first-order valence-electron chi connectivity index (χ1n) is 8.77. The molecule has 9 nitrogen and oxygen atoms in total. The lowest BCUT2D eigenvalue weighted by atomic mass is 10.1. The molecule has 29 heavy (non-hydrogen) atoms. The number of anilines is 1. The lowest BCUT2D eigenvalue weighted by Gasteiger charge is -2.33. The molecule has 1 saturated heterocycles. The number of rotatable bonds is 5. The second-order valence-electron chi connectivity index (χ2n) is 6.74. The van der Waals surface area contributed by atoms with Gasteiger partial charge >= 0.3 is 0 Å². The minimum absolute atomic E-state index is 0.0406. The largest absolute Gasteiger partial charge is 0.438 e. The Bertz CT molecular complexity index is 1040. The van der Waals surface area contributed by atoms with Gasteiger partial charge in [0.05, 0.1) is 5.69 Å². The van der Waals surface area contributed by atoms with Gasteiger partial charge in [0.25, 0.3) is 21.8 Å². The average Bonchev–Trinajstić information content (AvgIpc) is 3.18. The highest BCUT2D eigenvalue weighted by molar-refractivity contribution is 7.89. The van der Waals surface area contributed by atoms with Gasteiger partial charge < -0.3 is 20.0 Å². The van der Waals surface area contributed by atoms with E-state index in [1.165, 1.54) is 35.2 Å². The first-order valence-corrected chi connectivity index (χ1v) is 10.2. The topological polar surface area (TPSA) is 117 Å². The van der Waals surface area contributed by atoms with Crippen molar-refractivity contribution in [2.45, 2.75) is 5.09 Å². The predicted molar refractivity (Wildman–Crippen MR) is 103 cm³/mol. The number of amides is 2. The standard InChI is InChI=1S/C18H21FN4O5S/c1-21(2)14-4-3-12(11-13(14)19)18(25)22-7-9-23(10-8-22)29(26,27)16-6-5-15(28-16)17(20)24/h3-6,11H,7-10H2,1-2H3,(H2,20,24). The van der Waals surface area contributed by atoms with Crippen molar-refractivity contribution in [3.8, 4) is 0 Å². The third-order valence-electron chi connectivity index (χ3n) is 4.62. The predicted octanol–water partition coefficient (Wildman–Crippen LogP) is 0.730. The van der Waals surface area contributed by atoms with Crippen LogP contribution in [-0.4, -0.2) is 69.7 Å². The Morgan fingerprint density at radius 3 is 2.28 bits per heavy atom. The van der Waals surface area contributed by atoms with Crippen LogP contribution in [0.5, 0.6) is 0 Å². The molecule has 0 spiro atoms. The van der Waals surface area contributed by atoms with Crippen molar-refractivity contribution in [2.75, 3.05) is 45.2 Å². The SMILES string of the molecule is CN(C)c1ccc(C(=O)N2CCN(S(=O)(=O)c3ccc(C(N)=O)o3)CC2)cc1F. The lowest BCUT2D eigenvalue weighted by molar-refractivity contribution is 0.0696. The van der Waals surface area contributed by atoms with Crippen LogP contribution >= 0.6 is 0 Å². The Labute approximate surface area is 167 Å². The van der Waals surface area contributed by atoms with Gasteiger partial charge in [0.2, 0.25) is 5.09 Å². The van der Waals surface area contributed by atoms with E-state index in [2.05, 4.69) is 0 Å². The second kappa shape index (κ2) is 7.84. The molecule has 3 rings (SSSR count). The zero-order valence-electron chi connectivity index (χ0n) is 16.0. The van der Waals surface area contributed by atoms with E-state index in [0.717, 1.165) is 4.31 Å². The smallest absolute Gasteiger partial charge is 0.284 e. The molecule has 2 heterocycles. The van der Waals surface area contributed by atoms with Crippen LogP contribution in [0.4, 0.5) is 10.1 Å². The fourth-order valence-corrected chi connectivity index (χ4v) is 4.37. The monoisotopic (exact) mass is 424 g/mol. The maximum atomic E-state index is 14.1. The van der Waals surface area contributed by atoms with E-state index >= 15 is 0 Å². The lowest BCUT2D eigenvalue weighted by Crippen LogP contribution is -2.50. The van der Waals surface area contributed by atoms with Crippen molar-refractivity contribution in [3.63, 3.8) is 0 Å². The van der Waals surface area contributed by atoms with E-state index < -0.39 is 21.7 Å². The molecule has 156 valence electrons. The molecule has 1 aliphatic heterocycles. The molecule has 2 N–H and O–H groups in total. The molecule has 1 fully saturated rings. The van der Waals surface area contributed by atoms with E-state index in [-0.39, 0.29) is 48.5 Å². The maximum absolute atomic E-state index is 14.1. The minimum Gasteiger partial charge on any atom is -0.438 e. The fraction of sp³-hybridized carbons (Fsp3) is 0.333. The highest BCUT2D eigenvalue weighted by atomic mass is 32.2. The van der Waals surface area contributed by atoms with Crippen LogP contribution in [-0.2, 0) is 10.0 Å². The van der Waals surface area contributed by atoms with Crippen LogP contribution in [0.25, 0.3) is 0 Å². The van der Waals surface area contributed by atoms with Gasteiger partial charge in [-0.25, -0.2) is 12.8 Å². The molecule has 0 saturated carbocycles. The molecule has 0 radical (unpaired) electrons. The van der Waals surface area contributed by atoms with Crippen LogP contribution in [0, 0.1) is 5.82 Å². The van der Waals surface area contributed by atoms with Crippen LogP contribution in [0.2, 0.25) is 0 Å². The number of sulfonamides is 1. The summed E-state index contributed by atoms with van der Waals surface area (Å²) in [5, 5.41) is -0.382. The van der Waals surface area contributed by atoms with Crippen molar-refractivity contribution in [2.24, 2.45) is 5.73 Å².